The van der Waals surface area contributed by atoms with Crippen LogP contribution in [-0.4, -0.2) is 26.0 Å². The fourth-order valence-corrected chi connectivity index (χ4v) is 3.85. The maximum Gasteiger partial charge on any atom is 0.200 e. The summed E-state index contributed by atoms with van der Waals surface area (Å²) in [5.41, 5.74) is 2.12. The number of carbonyl (C=O) groups is 1. The van der Waals surface area contributed by atoms with Crippen molar-refractivity contribution in [3.8, 4) is 0 Å². The summed E-state index contributed by atoms with van der Waals surface area (Å²) in [6.07, 6.45) is -0.305. The number of aliphatic hydroxyl groups is 2. The maximum absolute atomic E-state index is 13.9. The van der Waals surface area contributed by atoms with Crippen molar-refractivity contribution in [2.75, 3.05) is 0 Å². The van der Waals surface area contributed by atoms with Crippen LogP contribution in [0.2, 0.25) is 0 Å². The SMILES string of the molecule is CC[C@H](O)c1cccc(C(=O)/C(=C(/O)c2cc(F)cc(F)c2)c2nc3ccccc3[nH]2)c1C. The summed E-state index contributed by atoms with van der Waals surface area (Å²) in [7, 11) is 0. The van der Waals surface area contributed by atoms with Crippen LogP contribution in [0.1, 0.15) is 52.3 Å². The molecule has 0 spiro atoms. The number of aromatic nitrogens is 2. The van der Waals surface area contributed by atoms with Gasteiger partial charge in [0.1, 0.15) is 28.8 Å². The normalized spacial score (nSPS) is 13.1. The number of halogens is 2. The predicted octanol–water partition coefficient (Wildman–Crippen LogP) is 5.90. The smallest absolute Gasteiger partial charge is 0.200 e. The molecule has 0 radical (unpaired) electrons. The molecule has 0 unspecified atom stereocenters. The van der Waals surface area contributed by atoms with Gasteiger partial charge in [-0.2, -0.15) is 0 Å². The predicted molar refractivity (Wildman–Crippen MR) is 123 cm³/mol. The Hall–Kier alpha value is -3.84. The molecule has 0 bridgehead atoms. The van der Waals surface area contributed by atoms with E-state index in [0.717, 1.165) is 12.1 Å². The fraction of sp³-hybridized carbons (Fsp3) is 0.154. The molecule has 168 valence electrons. The number of aromatic amines is 1. The average Bonchev–Trinajstić information content (AvgIpc) is 3.21. The van der Waals surface area contributed by atoms with E-state index in [2.05, 4.69) is 9.97 Å². The minimum atomic E-state index is -0.891. The Morgan fingerprint density at radius 2 is 1.76 bits per heavy atom. The van der Waals surface area contributed by atoms with Crippen LogP contribution in [0.3, 0.4) is 0 Å². The lowest BCUT2D eigenvalue weighted by Gasteiger charge is -2.16. The van der Waals surface area contributed by atoms with Gasteiger partial charge in [0.15, 0.2) is 0 Å². The van der Waals surface area contributed by atoms with Crippen LogP contribution in [0, 0.1) is 18.6 Å². The van der Waals surface area contributed by atoms with E-state index in [4.69, 9.17) is 0 Å². The summed E-state index contributed by atoms with van der Waals surface area (Å²) in [6.45, 7) is 3.53. The van der Waals surface area contributed by atoms with Crippen molar-refractivity contribution in [1.29, 1.82) is 0 Å². The molecule has 0 saturated heterocycles. The van der Waals surface area contributed by atoms with Crippen LogP contribution in [-0.2, 0) is 0 Å². The molecule has 0 aliphatic carbocycles. The molecular formula is C26H22F2N2O3. The van der Waals surface area contributed by atoms with Crippen LogP contribution in [0.5, 0.6) is 0 Å². The first-order valence-electron chi connectivity index (χ1n) is 10.5. The van der Waals surface area contributed by atoms with E-state index in [0.29, 0.717) is 34.6 Å². The molecule has 1 atom stereocenters. The van der Waals surface area contributed by atoms with Gasteiger partial charge in [0.25, 0.3) is 0 Å². The van der Waals surface area contributed by atoms with Gasteiger partial charge in [0, 0.05) is 17.2 Å². The molecule has 4 aromatic rings. The number of imidazole rings is 1. The highest BCUT2D eigenvalue weighted by Gasteiger charge is 2.26. The number of nitrogens with one attached hydrogen (secondary N) is 1. The standard InChI is InChI=1S/C26H22F2N2O3/c1-3-22(31)18-7-6-8-19(14(18)2)25(33)23(24(32)15-11-16(27)13-17(28)12-15)26-29-20-9-4-5-10-21(20)30-26/h4-13,22,31-32H,3H2,1-2H3,(H,29,30)/b24-23-/t22-/m0/s1. The summed E-state index contributed by atoms with van der Waals surface area (Å²) in [6, 6.07) is 14.6. The van der Waals surface area contributed by atoms with Gasteiger partial charge in [-0.25, -0.2) is 13.8 Å². The van der Waals surface area contributed by atoms with E-state index < -0.39 is 29.3 Å². The number of benzene rings is 3. The number of hydrogen-bond acceptors (Lipinski definition) is 4. The van der Waals surface area contributed by atoms with Gasteiger partial charge in [-0.05, 0) is 48.7 Å². The lowest BCUT2D eigenvalue weighted by Crippen LogP contribution is -2.11. The van der Waals surface area contributed by atoms with Crippen molar-refractivity contribution in [3.63, 3.8) is 0 Å². The molecular weight excluding hydrogens is 426 g/mol. The molecule has 1 heterocycles. The first-order chi connectivity index (χ1) is 15.8. The second-order valence-corrected chi connectivity index (χ2v) is 7.76. The zero-order valence-corrected chi connectivity index (χ0v) is 18.1. The van der Waals surface area contributed by atoms with Crippen LogP contribution in [0.25, 0.3) is 22.4 Å². The number of nitrogens with zero attached hydrogens (tertiary/aromatic N) is 1. The Morgan fingerprint density at radius 1 is 1.06 bits per heavy atom. The lowest BCUT2D eigenvalue weighted by atomic mass is 9.91. The van der Waals surface area contributed by atoms with Crippen molar-refractivity contribution in [3.05, 3.63) is 100 Å². The number of rotatable bonds is 6. The van der Waals surface area contributed by atoms with Crippen molar-refractivity contribution < 1.29 is 23.8 Å². The quantitative estimate of drug-likeness (QED) is 0.195. The third-order valence-corrected chi connectivity index (χ3v) is 5.59. The minimum absolute atomic E-state index is 0.0595. The Labute approximate surface area is 189 Å². The highest BCUT2D eigenvalue weighted by Crippen LogP contribution is 2.31. The second-order valence-electron chi connectivity index (χ2n) is 7.76. The van der Waals surface area contributed by atoms with Crippen molar-refractivity contribution >= 4 is 28.1 Å². The Balaban J connectivity index is 1.96. The highest BCUT2D eigenvalue weighted by molar-refractivity contribution is 6.33. The number of fused-ring (bicyclic) bond motifs is 1. The van der Waals surface area contributed by atoms with Crippen LogP contribution < -0.4 is 0 Å². The number of aliphatic hydroxyl groups excluding tert-OH is 2. The first kappa shape index (κ1) is 22.4. The van der Waals surface area contributed by atoms with Crippen molar-refractivity contribution in [2.24, 2.45) is 0 Å². The van der Waals surface area contributed by atoms with Gasteiger partial charge in [-0.1, -0.05) is 37.3 Å². The van der Waals surface area contributed by atoms with E-state index in [1.807, 2.05) is 6.92 Å². The summed E-state index contributed by atoms with van der Waals surface area (Å²) in [4.78, 5) is 21.2. The van der Waals surface area contributed by atoms with E-state index >= 15 is 0 Å². The molecule has 3 aromatic carbocycles. The zero-order valence-electron chi connectivity index (χ0n) is 18.1. The molecule has 5 nitrogen and oxygen atoms in total. The van der Waals surface area contributed by atoms with E-state index in [9.17, 15) is 23.8 Å². The molecule has 0 amide bonds. The third kappa shape index (κ3) is 4.27. The average molecular weight is 448 g/mol. The van der Waals surface area contributed by atoms with Crippen molar-refractivity contribution in [2.45, 2.75) is 26.4 Å². The molecule has 0 aliphatic heterocycles. The van der Waals surface area contributed by atoms with Gasteiger partial charge >= 0.3 is 0 Å². The maximum atomic E-state index is 13.9. The molecule has 0 fully saturated rings. The number of Topliss-reactive ketones (excluding diaryl/α,β-unsaturated/α-hetero) is 1. The number of ketones is 1. The van der Waals surface area contributed by atoms with Gasteiger partial charge in [0.05, 0.1) is 17.1 Å². The summed E-state index contributed by atoms with van der Waals surface area (Å²) >= 11 is 0. The highest BCUT2D eigenvalue weighted by atomic mass is 19.1. The Morgan fingerprint density at radius 3 is 2.42 bits per heavy atom. The van der Waals surface area contributed by atoms with Gasteiger partial charge in [0.2, 0.25) is 5.78 Å². The molecule has 7 heteroatoms. The second kappa shape index (κ2) is 8.96. The molecule has 33 heavy (non-hydrogen) atoms. The minimum Gasteiger partial charge on any atom is -0.506 e. The number of H-pyrrole nitrogens is 1. The topological polar surface area (TPSA) is 86.2 Å². The number of allylic oxidation sites excluding steroid dienone is 1. The summed E-state index contributed by atoms with van der Waals surface area (Å²) in [5, 5.41) is 21.4. The van der Waals surface area contributed by atoms with Gasteiger partial charge < -0.3 is 15.2 Å². The summed E-state index contributed by atoms with van der Waals surface area (Å²) < 4.78 is 27.8. The van der Waals surface area contributed by atoms with E-state index in [-0.39, 0.29) is 22.5 Å². The number of carbonyl (C=O) groups excluding carboxylic acids is 1. The van der Waals surface area contributed by atoms with E-state index in [1.54, 1.807) is 49.4 Å². The van der Waals surface area contributed by atoms with Gasteiger partial charge in [-0.15, -0.1) is 0 Å². The lowest BCUT2D eigenvalue weighted by molar-refractivity contribution is 0.105. The number of para-hydroxylation sites is 2. The van der Waals surface area contributed by atoms with E-state index in [1.165, 1.54) is 0 Å². The molecule has 4 rings (SSSR count). The molecule has 0 saturated carbocycles. The van der Waals surface area contributed by atoms with Crippen LogP contribution >= 0.6 is 0 Å². The molecule has 1 aromatic heterocycles. The Bertz CT molecular complexity index is 1340. The van der Waals surface area contributed by atoms with Crippen LogP contribution in [0.4, 0.5) is 8.78 Å². The van der Waals surface area contributed by atoms with Gasteiger partial charge in [-0.3, -0.25) is 4.79 Å². The Kier molecular flexibility index (Phi) is 6.07. The summed E-state index contributed by atoms with van der Waals surface area (Å²) in [5.74, 6) is -2.93. The number of hydrogen-bond donors (Lipinski definition) is 3. The van der Waals surface area contributed by atoms with Crippen LogP contribution in [0.15, 0.2) is 60.7 Å². The molecule has 0 aliphatic rings. The molecule has 3 N–H and O–H groups in total. The largest absolute Gasteiger partial charge is 0.506 e. The third-order valence-electron chi connectivity index (χ3n) is 5.59. The zero-order chi connectivity index (χ0) is 23.7. The van der Waals surface area contributed by atoms with Crippen molar-refractivity contribution in [1.82, 2.24) is 9.97 Å². The monoisotopic (exact) mass is 448 g/mol. The first-order valence-corrected chi connectivity index (χ1v) is 10.5. The fourth-order valence-electron chi connectivity index (χ4n) is 3.85.